The number of carbonyl (C=O) groups is 3. The van der Waals surface area contributed by atoms with Gasteiger partial charge in [-0.15, -0.1) is 0 Å². The molecule has 0 aliphatic carbocycles. The van der Waals surface area contributed by atoms with E-state index in [0.717, 1.165) is 4.31 Å². The van der Waals surface area contributed by atoms with Crippen LogP contribution in [0.25, 0.3) is 0 Å². The molecule has 9 nitrogen and oxygen atoms in total. The largest absolute Gasteiger partial charge is 0.462 e. The summed E-state index contributed by atoms with van der Waals surface area (Å²) in [4.78, 5) is 36.0. The molecule has 0 bridgehead atoms. The first kappa shape index (κ1) is 24.3. The van der Waals surface area contributed by atoms with Gasteiger partial charge in [0.2, 0.25) is 10.0 Å². The average molecular weight is 469 g/mol. The Morgan fingerprint density at radius 3 is 2.32 bits per heavy atom. The van der Waals surface area contributed by atoms with Crippen molar-refractivity contribution in [2.75, 3.05) is 32.1 Å². The van der Waals surface area contributed by atoms with Gasteiger partial charge >= 0.3 is 11.9 Å². The number of benzene rings is 2. The van der Waals surface area contributed by atoms with Crippen LogP contribution in [0, 0.1) is 0 Å². The smallest absolute Gasteiger partial charge is 0.340 e. The summed E-state index contributed by atoms with van der Waals surface area (Å²) in [6.07, 6.45) is 0. The van der Waals surface area contributed by atoms with E-state index in [1.54, 1.807) is 19.1 Å². The lowest BCUT2D eigenvalue weighted by atomic mass is 10.2. The number of amides is 1. The summed E-state index contributed by atoms with van der Waals surface area (Å²) < 4.78 is 35.5. The number of likely N-dealkylation sites (N-methyl/N-ethyl adjacent to an activating group) is 1. The number of sulfonamides is 1. The molecule has 0 heterocycles. The standard InChI is InChI=1S/C20H21ClN2O7S/c1-3-29-20(26)16-6-4-5-7-17(16)22-18(24)13-30-19(25)12-23(2)31(27,28)15-10-8-14(21)9-11-15/h4-11H,3,12-13H2,1-2H3,(H,22,24). The van der Waals surface area contributed by atoms with Crippen LogP contribution in [0.2, 0.25) is 5.02 Å². The molecule has 0 saturated carbocycles. The van der Waals surface area contributed by atoms with Crippen molar-refractivity contribution < 1.29 is 32.3 Å². The average Bonchev–Trinajstić information content (AvgIpc) is 2.73. The van der Waals surface area contributed by atoms with Crippen molar-refractivity contribution in [2.45, 2.75) is 11.8 Å². The SMILES string of the molecule is CCOC(=O)c1ccccc1NC(=O)COC(=O)CN(C)S(=O)(=O)c1ccc(Cl)cc1. The normalized spacial score (nSPS) is 11.1. The van der Waals surface area contributed by atoms with Gasteiger partial charge in [0.25, 0.3) is 5.91 Å². The number of esters is 2. The van der Waals surface area contributed by atoms with Gasteiger partial charge in [-0.3, -0.25) is 9.59 Å². The van der Waals surface area contributed by atoms with Crippen LogP contribution in [0.5, 0.6) is 0 Å². The Bertz CT molecular complexity index is 1060. The summed E-state index contributed by atoms with van der Waals surface area (Å²) in [6, 6.07) is 11.7. The molecule has 0 aromatic heterocycles. The first-order valence-corrected chi connectivity index (χ1v) is 10.9. The fourth-order valence-electron chi connectivity index (χ4n) is 2.41. The van der Waals surface area contributed by atoms with Crippen LogP contribution in [0.3, 0.4) is 0 Å². The van der Waals surface area contributed by atoms with Crippen molar-refractivity contribution in [3.8, 4) is 0 Å². The number of anilines is 1. The number of nitrogens with one attached hydrogen (secondary N) is 1. The van der Waals surface area contributed by atoms with E-state index in [1.165, 1.54) is 43.4 Å². The number of halogens is 1. The molecule has 0 unspecified atom stereocenters. The highest BCUT2D eigenvalue weighted by atomic mass is 35.5. The number of rotatable bonds is 9. The highest BCUT2D eigenvalue weighted by Crippen LogP contribution is 2.18. The molecule has 1 N–H and O–H groups in total. The molecule has 2 aromatic carbocycles. The predicted molar refractivity (Wildman–Crippen MR) is 113 cm³/mol. The minimum Gasteiger partial charge on any atom is -0.462 e. The predicted octanol–water partition coefficient (Wildman–Crippen LogP) is 2.32. The summed E-state index contributed by atoms with van der Waals surface area (Å²) in [5.41, 5.74) is 0.349. The minimum absolute atomic E-state index is 0.0412. The van der Waals surface area contributed by atoms with Crippen LogP contribution in [0.1, 0.15) is 17.3 Å². The molecule has 1 amide bonds. The van der Waals surface area contributed by atoms with Crippen molar-refractivity contribution in [1.29, 1.82) is 0 Å². The Balaban J connectivity index is 1.92. The van der Waals surface area contributed by atoms with Gasteiger partial charge in [-0.2, -0.15) is 4.31 Å². The molecule has 0 aliphatic heterocycles. The molecule has 0 aliphatic rings. The van der Waals surface area contributed by atoms with Crippen molar-refractivity contribution in [3.05, 3.63) is 59.1 Å². The monoisotopic (exact) mass is 468 g/mol. The van der Waals surface area contributed by atoms with Crippen LogP contribution < -0.4 is 5.32 Å². The lowest BCUT2D eigenvalue weighted by molar-refractivity contribution is -0.147. The molecule has 0 radical (unpaired) electrons. The fraction of sp³-hybridized carbons (Fsp3) is 0.250. The van der Waals surface area contributed by atoms with Gasteiger partial charge in [0.15, 0.2) is 6.61 Å². The fourth-order valence-corrected chi connectivity index (χ4v) is 3.65. The Morgan fingerprint density at radius 2 is 1.68 bits per heavy atom. The zero-order valence-electron chi connectivity index (χ0n) is 16.8. The summed E-state index contributed by atoms with van der Waals surface area (Å²) >= 11 is 5.75. The molecule has 0 spiro atoms. The number of ether oxygens (including phenoxy) is 2. The highest BCUT2D eigenvalue weighted by molar-refractivity contribution is 7.89. The molecule has 31 heavy (non-hydrogen) atoms. The first-order valence-electron chi connectivity index (χ1n) is 9.08. The van der Waals surface area contributed by atoms with Gasteiger partial charge in [0, 0.05) is 12.1 Å². The molecule has 0 fully saturated rings. The Labute approximate surface area is 184 Å². The van der Waals surface area contributed by atoms with Gasteiger partial charge in [-0.1, -0.05) is 23.7 Å². The maximum atomic E-state index is 12.5. The second kappa shape index (κ2) is 10.9. The quantitative estimate of drug-likeness (QED) is 0.561. The van der Waals surface area contributed by atoms with Gasteiger partial charge < -0.3 is 14.8 Å². The number of carbonyl (C=O) groups excluding carboxylic acids is 3. The van der Waals surface area contributed by atoms with Crippen LogP contribution >= 0.6 is 11.6 Å². The van der Waals surface area contributed by atoms with E-state index >= 15 is 0 Å². The van der Waals surface area contributed by atoms with Crippen LogP contribution in [-0.4, -0.2) is 57.4 Å². The van der Waals surface area contributed by atoms with Crippen LogP contribution in [0.4, 0.5) is 5.69 Å². The van der Waals surface area contributed by atoms with Crippen LogP contribution in [0.15, 0.2) is 53.4 Å². The van der Waals surface area contributed by atoms with E-state index in [1.807, 2.05) is 0 Å². The number of hydrogen-bond donors (Lipinski definition) is 1. The third-order valence-electron chi connectivity index (χ3n) is 3.93. The molecule has 0 atom stereocenters. The lowest BCUT2D eigenvalue weighted by Gasteiger charge is -2.16. The molecule has 11 heteroatoms. The zero-order valence-corrected chi connectivity index (χ0v) is 18.4. The minimum atomic E-state index is -3.94. The number of para-hydroxylation sites is 1. The van der Waals surface area contributed by atoms with Gasteiger partial charge in [0.05, 0.1) is 22.8 Å². The van der Waals surface area contributed by atoms with E-state index in [-0.39, 0.29) is 22.8 Å². The van der Waals surface area contributed by atoms with Gasteiger partial charge in [-0.25, -0.2) is 13.2 Å². The van der Waals surface area contributed by atoms with Crippen LogP contribution in [-0.2, 0) is 29.1 Å². The van der Waals surface area contributed by atoms with E-state index in [2.05, 4.69) is 5.32 Å². The van der Waals surface area contributed by atoms with Crippen molar-refractivity contribution in [1.82, 2.24) is 4.31 Å². The number of hydrogen-bond acceptors (Lipinski definition) is 7. The molecular formula is C20H21ClN2O7S. The second-order valence-corrected chi connectivity index (χ2v) is 8.67. The van der Waals surface area contributed by atoms with Gasteiger partial charge in [-0.05, 0) is 43.3 Å². The first-order chi connectivity index (χ1) is 14.6. The highest BCUT2D eigenvalue weighted by Gasteiger charge is 2.24. The molecule has 2 aromatic rings. The van der Waals surface area contributed by atoms with E-state index < -0.39 is 41.0 Å². The Morgan fingerprint density at radius 1 is 1.03 bits per heavy atom. The van der Waals surface area contributed by atoms with E-state index in [9.17, 15) is 22.8 Å². The summed E-state index contributed by atoms with van der Waals surface area (Å²) in [6.45, 7) is 0.566. The van der Waals surface area contributed by atoms with E-state index in [0.29, 0.717) is 5.02 Å². The maximum absolute atomic E-state index is 12.5. The van der Waals surface area contributed by atoms with E-state index in [4.69, 9.17) is 21.1 Å². The number of nitrogens with zero attached hydrogens (tertiary/aromatic N) is 1. The van der Waals surface area contributed by atoms with Gasteiger partial charge in [0.1, 0.15) is 6.54 Å². The molecule has 2 rings (SSSR count). The summed E-state index contributed by atoms with van der Waals surface area (Å²) in [5, 5.41) is 2.83. The molecular weight excluding hydrogens is 448 g/mol. The third-order valence-corrected chi connectivity index (χ3v) is 6.00. The zero-order chi connectivity index (χ0) is 23.0. The molecule has 166 valence electrons. The maximum Gasteiger partial charge on any atom is 0.340 e. The third kappa shape index (κ3) is 6.78. The summed E-state index contributed by atoms with van der Waals surface area (Å²) in [5.74, 6) is -2.23. The topological polar surface area (TPSA) is 119 Å². The Hall–Kier alpha value is -2.95. The molecule has 0 saturated heterocycles. The van der Waals surface area contributed by atoms with Crippen molar-refractivity contribution >= 4 is 45.2 Å². The van der Waals surface area contributed by atoms with Crippen molar-refractivity contribution in [2.24, 2.45) is 0 Å². The van der Waals surface area contributed by atoms with Crippen molar-refractivity contribution in [3.63, 3.8) is 0 Å². The lowest BCUT2D eigenvalue weighted by Crippen LogP contribution is -2.34. The Kier molecular flexibility index (Phi) is 8.55. The second-order valence-electron chi connectivity index (χ2n) is 6.19. The summed E-state index contributed by atoms with van der Waals surface area (Å²) in [7, 11) is -2.73.